The Kier molecular flexibility index (Phi) is 2.76. The summed E-state index contributed by atoms with van der Waals surface area (Å²) in [4.78, 5) is 9.98. The summed E-state index contributed by atoms with van der Waals surface area (Å²) in [6.45, 7) is 2.44. The number of halogens is 3. The molecule has 0 aromatic rings. The first-order chi connectivity index (χ1) is 4.27. The molecule has 0 unspecified atom stereocenters. The topological polar surface area (TPSA) is 17.1 Å². The van der Waals surface area contributed by atoms with Crippen LogP contribution in [0.2, 0.25) is 0 Å². The Bertz CT molecular complexity index is 129. The second-order valence-electron chi connectivity index (χ2n) is 2.27. The second-order valence-corrected chi connectivity index (χ2v) is 3.99. The van der Waals surface area contributed by atoms with Crippen molar-refractivity contribution >= 4 is 18.0 Å². The summed E-state index contributed by atoms with van der Waals surface area (Å²) in [6.07, 6.45) is 0.283. The van der Waals surface area contributed by atoms with Crippen molar-refractivity contribution in [1.29, 1.82) is 0 Å². The van der Waals surface area contributed by atoms with E-state index in [2.05, 4.69) is 0 Å². The molecule has 1 nitrogen and oxygen atoms in total. The summed E-state index contributed by atoms with van der Waals surface area (Å²) < 4.78 is 33.3. The molecule has 0 amide bonds. The molecule has 0 aliphatic rings. The van der Waals surface area contributed by atoms with Crippen LogP contribution < -0.4 is 0 Å². The highest BCUT2D eigenvalue weighted by atomic mass is 32.2. The summed E-state index contributed by atoms with van der Waals surface area (Å²) in [6, 6.07) is 0. The molecule has 0 bridgehead atoms. The van der Waals surface area contributed by atoms with Crippen LogP contribution in [0.3, 0.4) is 0 Å². The molecule has 0 spiro atoms. The van der Waals surface area contributed by atoms with Crippen LogP contribution in [0.1, 0.15) is 13.8 Å². The first kappa shape index (κ1) is 9.81. The van der Waals surface area contributed by atoms with E-state index >= 15 is 0 Å². The molecule has 0 aliphatic heterocycles. The molecule has 0 radical (unpaired) electrons. The number of hydrogen-bond acceptors (Lipinski definition) is 2. The lowest BCUT2D eigenvalue weighted by molar-refractivity contribution is -0.109. The van der Waals surface area contributed by atoms with Crippen molar-refractivity contribution in [3.05, 3.63) is 0 Å². The summed E-state index contributed by atoms with van der Waals surface area (Å²) in [5, 5.41) is 0. The molecule has 0 atom stereocenters. The van der Waals surface area contributed by atoms with E-state index in [9.17, 15) is 18.0 Å². The van der Waals surface area contributed by atoms with Gasteiger partial charge in [-0.3, -0.25) is 0 Å². The van der Waals surface area contributed by atoms with Gasteiger partial charge in [0.2, 0.25) is 0 Å². The van der Waals surface area contributed by atoms with Crippen molar-refractivity contribution in [2.75, 3.05) is 0 Å². The summed E-state index contributed by atoms with van der Waals surface area (Å²) in [5.41, 5.74) is -4.33. The molecule has 10 heavy (non-hydrogen) atoms. The largest absolute Gasteiger partial charge is 0.442 e. The second kappa shape index (κ2) is 2.82. The lowest BCUT2D eigenvalue weighted by atomic mass is 10.2. The maximum Gasteiger partial charge on any atom is 0.442 e. The Balaban J connectivity index is 4.01. The number of carbonyl (C=O) groups is 1. The van der Waals surface area contributed by atoms with Gasteiger partial charge in [0.05, 0.1) is 4.75 Å². The average molecular weight is 172 g/mol. The molecule has 0 aromatic heterocycles. The van der Waals surface area contributed by atoms with E-state index in [0.29, 0.717) is 0 Å². The molecule has 0 rings (SSSR count). The Morgan fingerprint density at radius 2 is 1.70 bits per heavy atom. The number of aldehydes is 1. The lowest BCUT2D eigenvalue weighted by Crippen LogP contribution is -2.22. The Morgan fingerprint density at radius 3 is 1.80 bits per heavy atom. The highest BCUT2D eigenvalue weighted by Crippen LogP contribution is 2.38. The molecule has 0 saturated carbocycles. The molecule has 0 saturated heterocycles. The first-order valence-electron chi connectivity index (χ1n) is 2.50. The lowest BCUT2D eigenvalue weighted by Gasteiger charge is -2.17. The quantitative estimate of drug-likeness (QED) is 0.594. The number of alkyl halides is 3. The van der Waals surface area contributed by atoms with Crippen LogP contribution in [0.15, 0.2) is 0 Å². The zero-order valence-corrected chi connectivity index (χ0v) is 6.34. The molecular formula is C5H7F3OS. The summed E-state index contributed by atoms with van der Waals surface area (Å²) in [5.74, 6) is 0. The minimum absolute atomic E-state index is 0.283. The zero-order valence-electron chi connectivity index (χ0n) is 5.53. The van der Waals surface area contributed by atoms with E-state index in [-0.39, 0.29) is 18.0 Å². The number of hydrogen-bond donors (Lipinski definition) is 0. The fourth-order valence-corrected chi connectivity index (χ4v) is 0.967. The normalized spacial score (nSPS) is 13.3. The van der Waals surface area contributed by atoms with Crippen molar-refractivity contribution in [2.45, 2.75) is 24.1 Å². The highest BCUT2D eigenvalue weighted by Gasteiger charge is 2.37. The highest BCUT2D eigenvalue weighted by molar-refractivity contribution is 8.02. The average Bonchev–Trinajstić information content (AvgIpc) is 1.60. The van der Waals surface area contributed by atoms with Gasteiger partial charge in [-0.25, -0.2) is 0 Å². The molecule has 5 heteroatoms. The van der Waals surface area contributed by atoms with Crippen molar-refractivity contribution in [3.8, 4) is 0 Å². The van der Waals surface area contributed by atoms with Gasteiger partial charge < -0.3 is 4.79 Å². The molecule has 0 aliphatic carbocycles. The molecular weight excluding hydrogens is 165 g/mol. The van der Waals surface area contributed by atoms with Gasteiger partial charge in [0.1, 0.15) is 6.29 Å². The van der Waals surface area contributed by atoms with Gasteiger partial charge in [-0.2, -0.15) is 13.2 Å². The molecule has 60 valence electrons. The van der Waals surface area contributed by atoms with E-state index in [1.807, 2.05) is 0 Å². The minimum Gasteiger partial charge on any atom is -0.302 e. The maximum absolute atomic E-state index is 11.5. The fraction of sp³-hybridized carbons (Fsp3) is 0.800. The smallest absolute Gasteiger partial charge is 0.302 e. The van der Waals surface area contributed by atoms with Gasteiger partial charge in [-0.1, -0.05) is 0 Å². The fourth-order valence-electron chi connectivity index (χ4n) is 0.322. The van der Waals surface area contributed by atoms with Crippen LogP contribution in [-0.2, 0) is 4.79 Å². The zero-order chi connectivity index (χ0) is 8.41. The van der Waals surface area contributed by atoms with E-state index in [1.54, 1.807) is 0 Å². The molecule has 0 aromatic carbocycles. The van der Waals surface area contributed by atoms with Gasteiger partial charge in [0.15, 0.2) is 0 Å². The molecule has 0 heterocycles. The van der Waals surface area contributed by atoms with Gasteiger partial charge in [-0.05, 0) is 25.6 Å². The predicted molar refractivity (Wildman–Crippen MR) is 33.8 cm³/mol. The number of rotatable bonds is 2. The van der Waals surface area contributed by atoms with Crippen LogP contribution in [0.5, 0.6) is 0 Å². The third kappa shape index (κ3) is 4.67. The standard InChI is InChI=1S/C5H7F3OS/c1-4(2,3-9)10-5(6,7)8/h3H,1-2H3. The Morgan fingerprint density at radius 1 is 1.30 bits per heavy atom. The number of thioether (sulfide) groups is 1. The van der Waals surface area contributed by atoms with Crippen LogP contribution in [0.4, 0.5) is 13.2 Å². The predicted octanol–water partition coefficient (Wildman–Crippen LogP) is 2.22. The Hall–Kier alpha value is -0.190. The van der Waals surface area contributed by atoms with E-state index in [1.165, 1.54) is 13.8 Å². The van der Waals surface area contributed by atoms with E-state index < -0.39 is 10.3 Å². The van der Waals surface area contributed by atoms with Crippen molar-refractivity contribution in [1.82, 2.24) is 0 Å². The van der Waals surface area contributed by atoms with Crippen molar-refractivity contribution in [2.24, 2.45) is 0 Å². The molecule has 0 N–H and O–H groups in total. The summed E-state index contributed by atoms with van der Waals surface area (Å²) >= 11 is -0.309. The van der Waals surface area contributed by atoms with Gasteiger partial charge in [0.25, 0.3) is 0 Å². The van der Waals surface area contributed by atoms with Crippen LogP contribution in [-0.4, -0.2) is 16.5 Å². The third-order valence-corrected chi connectivity index (χ3v) is 1.52. The Labute approximate surface area is 61.0 Å². The first-order valence-corrected chi connectivity index (χ1v) is 3.32. The van der Waals surface area contributed by atoms with Crippen LogP contribution >= 0.6 is 11.8 Å². The maximum atomic E-state index is 11.5. The molecule has 0 fully saturated rings. The van der Waals surface area contributed by atoms with Gasteiger partial charge in [-0.15, -0.1) is 0 Å². The van der Waals surface area contributed by atoms with Crippen LogP contribution in [0.25, 0.3) is 0 Å². The monoisotopic (exact) mass is 172 g/mol. The van der Waals surface area contributed by atoms with Crippen molar-refractivity contribution < 1.29 is 18.0 Å². The van der Waals surface area contributed by atoms with Gasteiger partial charge >= 0.3 is 5.51 Å². The van der Waals surface area contributed by atoms with E-state index in [4.69, 9.17) is 0 Å². The van der Waals surface area contributed by atoms with Crippen molar-refractivity contribution in [3.63, 3.8) is 0 Å². The van der Waals surface area contributed by atoms with Gasteiger partial charge in [0, 0.05) is 0 Å². The summed E-state index contributed by atoms with van der Waals surface area (Å²) in [7, 11) is 0. The minimum atomic E-state index is -4.33. The number of carbonyl (C=O) groups excluding carboxylic acids is 1. The van der Waals surface area contributed by atoms with E-state index in [0.717, 1.165) is 0 Å². The third-order valence-electron chi connectivity index (χ3n) is 0.663. The SMILES string of the molecule is CC(C)(C=O)SC(F)(F)F. The van der Waals surface area contributed by atoms with Crippen LogP contribution in [0, 0.1) is 0 Å².